The van der Waals surface area contributed by atoms with Gasteiger partial charge in [-0.2, -0.15) is 0 Å². The van der Waals surface area contributed by atoms with Crippen molar-refractivity contribution in [1.29, 1.82) is 0 Å². The van der Waals surface area contributed by atoms with Gasteiger partial charge in [0, 0.05) is 48.7 Å². The number of hydrogen-bond acceptors (Lipinski definition) is 8. The predicted molar refractivity (Wildman–Crippen MR) is 144 cm³/mol. The average Bonchev–Trinajstić information content (AvgIpc) is 2.97. The van der Waals surface area contributed by atoms with E-state index in [9.17, 15) is 0 Å². The van der Waals surface area contributed by atoms with E-state index in [-0.39, 0.29) is 0 Å². The normalized spacial score (nSPS) is 16.2. The third kappa shape index (κ3) is 4.95. The van der Waals surface area contributed by atoms with Gasteiger partial charge in [-0.05, 0) is 42.3 Å². The smallest absolute Gasteiger partial charge is 0.161 e. The lowest BCUT2D eigenvalue weighted by atomic mass is 10.0. The molecule has 0 atom stereocenters. The number of pyridine rings is 1. The summed E-state index contributed by atoms with van der Waals surface area (Å²) in [4.78, 5) is 9.46. The minimum Gasteiger partial charge on any atom is -0.489 e. The molecule has 2 aliphatic heterocycles. The summed E-state index contributed by atoms with van der Waals surface area (Å²) < 4.78 is 17.2. The molecule has 4 heterocycles. The SMILES string of the molecule is Cc1c(-c2ccc(OCc3ccccc3)cc2)ncc2c(N3CCOCC3)nnc(N3CCOCC3)c12. The number of rotatable bonds is 6. The van der Waals surface area contributed by atoms with Crippen molar-refractivity contribution < 1.29 is 14.2 Å². The maximum atomic E-state index is 5.99. The number of aromatic nitrogens is 3. The summed E-state index contributed by atoms with van der Waals surface area (Å²) in [6.07, 6.45) is 1.96. The van der Waals surface area contributed by atoms with Gasteiger partial charge >= 0.3 is 0 Å². The lowest BCUT2D eigenvalue weighted by Gasteiger charge is -2.31. The fraction of sp³-hybridized carbons (Fsp3) is 0.345. The molecule has 2 fully saturated rings. The molecule has 4 aromatic rings. The number of nitrogens with zero attached hydrogens (tertiary/aromatic N) is 5. The Balaban J connectivity index is 1.36. The third-order valence-electron chi connectivity index (χ3n) is 7.02. The molecule has 8 nitrogen and oxygen atoms in total. The van der Waals surface area contributed by atoms with Gasteiger partial charge in [-0.25, -0.2) is 0 Å². The summed E-state index contributed by atoms with van der Waals surface area (Å²) in [5, 5.41) is 11.6. The van der Waals surface area contributed by atoms with E-state index >= 15 is 0 Å². The molecule has 0 unspecified atom stereocenters. The van der Waals surface area contributed by atoms with Crippen molar-refractivity contribution in [3.05, 3.63) is 71.9 Å². The van der Waals surface area contributed by atoms with Crippen LogP contribution < -0.4 is 14.5 Å². The van der Waals surface area contributed by atoms with E-state index < -0.39 is 0 Å². The molecule has 2 saturated heterocycles. The Morgan fingerprint density at radius 2 is 1.41 bits per heavy atom. The van der Waals surface area contributed by atoms with E-state index in [0.29, 0.717) is 33.0 Å². The third-order valence-corrected chi connectivity index (χ3v) is 7.02. The number of benzene rings is 2. The lowest BCUT2D eigenvalue weighted by Crippen LogP contribution is -2.38. The van der Waals surface area contributed by atoms with Crippen molar-refractivity contribution in [2.75, 3.05) is 62.4 Å². The zero-order valence-electron chi connectivity index (χ0n) is 21.1. The Morgan fingerprint density at radius 3 is 2.08 bits per heavy atom. The first-order valence-electron chi connectivity index (χ1n) is 12.9. The lowest BCUT2D eigenvalue weighted by molar-refractivity contribution is 0.122. The molecule has 0 bridgehead atoms. The van der Waals surface area contributed by atoms with Crippen molar-refractivity contribution >= 4 is 22.4 Å². The highest BCUT2D eigenvalue weighted by atomic mass is 16.5. The Labute approximate surface area is 216 Å². The molecule has 0 spiro atoms. The Bertz CT molecular complexity index is 1350. The summed E-state index contributed by atoms with van der Waals surface area (Å²) in [6, 6.07) is 18.4. The van der Waals surface area contributed by atoms with Gasteiger partial charge in [-0.3, -0.25) is 4.98 Å². The molecule has 0 aliphatic carbocycles. The van der Waals surface area contributed by atoms with E-state index in [1.54, 1.807) is 0 Å². The van der Waals surface area contributed by atoms with Crippen LogP contribution >= 0.6 is 0 Å². The minimum absolute atomic E-state index is 0.541. The second-order valence-corrected chi connectivity index (χ2v) is 9.37. The highest BCUT2D eigenvalue weighted by molar-refractivity contribution is 6.02. The number of morpholine rings is 2. The van der Waals surface area contributed by atoms with Crippen LogP contribution in [0.5, 0.6) is 5.75 Å². The van der Waals surface area contributed by atoms with Gasteiger partial charge in [-0.15, -0.1) is 10.2 Å². The molecule has 2 aromatic carbocycles. The van der Waals surface area contributed by atoms with Crippen LogP contribution in [0, 0.1) is 6.92 Å². The van der Waals surface area contributed by atoms with Crippen LogP contribution in [0.15, 0.2) is 60.8 Å². The van der Waals surface area contributed by atoms with Crippen LogP contribution in [0.25, 0.3) is 22.0 Å². The zero-order valence-corrected chi connectivity index (χ0v) is 21.1. The van der Waals surface area contributed by atoms with Crippen LogP contribution in [0.3, 0.4) is 0 Å². The molecule has 37 heavy (non-hydrogen) atoms. The number of fused-ring (bicyclic) bond motifs is 1. The maximum absolute atomic E-state index is 5.99. The fourth-order valence-electron chi connectivity index (χ4n) is 5.01. The van der Waals surface area contributed by atoms with Crippen LogP contribution in [0.1, 0.15) is 11.1 Å². The van der Waals surface area contributed by atoms with Crippen LogP contribution in [0.4, 0.5) is 11.6 Å². The number of aryl methyl sites for hydroxylation is 1. The van der Waals surface area contributed by atoms with E-state index in [2.05, 4.69) is 46.1 Å². The zero-order chi connectivity index (χ0) is 25.0. The molecular formula is C29H31N5O3. The maximum Gasteiger partial charge on any atom is 0.161 e. The molecule has 0 N–H and O–H groups in total. The fourth-order valence-corrected chi connectivity index (χ4v) is 5.01. The minimum atomic E-state index is 0.541. The van der Waals surface area contributed by atoms with Gasteiger partial charge in [0.15, 0.2) is 11.6 Å². The molecule has 0 radical (unpaired) electrons. The van der Waals surface area contributed by atoms with Crippen LogP contribution in [-0.4, -0.2) is 67.8 Å². The second-order valence-electron chi connectivity index (χ2n) is 9.37. The average molecular weight is 498 g/mol. The molecule has 2 aliphatic rings. The highest BCUT2D eigenvalue weighted by Crippen LogP contribution is 2.37. The van der Waals surface area contributed by atoms with Gasteiger partial charge in [-0.1, -0.05) is 30.3 Å². The van der Waals surface area contributed by atoms with E-state index in [4.69, 9.17) is 24.3 Å². The highest BCUT2D eigenvalue weighted by Gasteiger charge is 2.24. The molecule has 6 rings (SSSR count). The summed E-state index contributed by atoms with van der Waals surface area (Å²) in [6.45, 7) is 8.63. The van der Waals surface area contributed by atoms with Crippen LogP contribution in [-0.2, 0) is 16.1 Å². The summed E-state index contributed by atoms with van der Waals surface area (Å²) in [5.41, 5.74) is 4.23. The van der Waals surface area contributed by atoms with Gasteiger partial charge in [0.1, 0.15) is 12.4 Å². The predicted octanol–water partition coefficient (Wildman–Crippen LogP) is 4.25. The first-order valence-corrected chi connectivity index (χ1v) is 12.9. The Kier molecular flexibility index (Phi) is 6.84. The molecule has 2 aromatic heterocycles. The number of hydrogen-bond donors (Lipinski definition) is 0. The van der Waals surface area contributed by atoms with Gasteiger partial charge in [0.05, 0.1) is 32.1 Å². The van der Waals surface area contributed by atoms with Gasteiger partial charge in [0.2, 0.25) is 0 Å². The Hall–Kier alpha value is -3.75. The number of ether oxygens (including phenoxy) is 3. The van der Waals surface area contributed by atoms with Crippen molar-refractivity contribution in [2.24, 2.45) is 0 Å². The molecule has 190 valence electrons. The second kappa shape index (κ2) is 10.7. The molecular weight excluding hydrogens is 466 g/mol. The van der Waals surface area contributed by atoms with Gasteiger partial charge in [0.25, 0.3) is 0 Å². The standard InChI is InChI=1S/C29H31N5O3/c1-21-26-25(28(33-11-15-35-16-12-33)31-32-29(26)34-13-17-36-18-14-34)19-30-27(21)23-7-9-24(10-8-23)37-20-22-5-3-2-4-6-22/h2-10,19H,11-18,20H2,1H3. The van der Waals surface area contributed by atoms with E-state index in [1.165, 1.54) is 0 Å². The largest absolute Gasteiger partial charge is 0.489 e. The van der Waals surface area contributed by atoms with Crippen LogP contribution in [0.2, 0.25) is 0 Å². The first kappa shape index (κ1) is 23.6. The molecule has 8 heteroatoms. The quantitative estimate of drug-likeness (QED) is 0.392. The molecule has 0 amide bonds. The van der Waals surface area contributed by atoms with Crippen molar-refractivity contribution in [1.82, 2.24) is 15.2 Å². The molecule has 0 saturated carbocycles. The summed E-state index contributed by atoms with van der Waals surface area (Å²) in [7, 11) is 0. The first-order chi connectivity index (χ1) is 18.3. The van der Waals surface area contributed by atoms with Crippen molar-refractivity contribution in [3.63, 3.8) is 0 Å². The number of anilines is 2. The van der Waals surface area contributed by atoms with E-state index in [1.807, 2.05) is 36.5 Å². The monoisotopic (exact) mass is 497 g/mol. The summed E-state index contributed by atoms with van der Waals surface area (Å²) >= 11 is 0. The Morgan fingerprint density at radius 1 is 0.784 bits per heavy atom. The van der Waals surface area contributed by atoms with Gasteiger partial charge < -0.3 is 24.0 Å². The topological polar surface area (TPSA) is 72.8 Å². The summed E-state index contributed by atoms with van der Waals surface area (Å²) in [5.74, 6) is 2.61. The van der Waals surface area contributed by atoms with E-state index in [0.717, 1.165) is 76.7 Å². The van der Waals surface area contributed by atoms with Crippen molar-refractivity contribution in [2.45, 2.75) is 13.5 Å². The van der Waals surface area contributed by atoms with Crippen molar-refractivity contribution in [3.8, 4) is 17.0 Å².